The van der Waals surface area contributed by atoms with Crippen molar-refractivity contribution in [1.82, 2.24) is 4.90 Å². The van der Waals surface area contributed by atoms with Gasteiger partial charge in [-0.2, -0.15) is 0 Å². The molecule has 1 rings (SSSR count). The van der Waals surface area contributed by atoms with Crippen molar-refractivity contribution in [3.63, 3.8) is 0 Å². The second-order valence-electron chi connectivity index (χ2n) is 6.04. The molecule has 0 unspecified atom stereocenters. The Kier molecular flexibility index (Phi) is 5.53. The van der Waals surface area contributed by atoms with E-state index in [4.69, 9.17) is 9.47 Å². The van der Waals surface area contributed by atoms with Gasteiger partial charge >= 0.3 is 12.1 Å². The summed E-state index contributed by atoms with van der Waals surface area (Å²) in [5.41, 5.74) is -0.512. The molecule has 0 aromatic heterocycles. The highest BCUT2D eigenvalue weighted by Crippen LogP contribution is 2.17. The number of rotatable bonds is 3. The predicted octanol–water partition coefficient (Wildman–Crippen LogP) is 1.91. The standard InChI is InChI=1S/C14H23NO5/c1-10(16)9-12(17)19-11-5-7-15(8-6-11)13(18)20-14(2,3)4/h11H,5-9H2,1-4H3. The fourth-order valence-electron chi connectivity index (χ4n) is 1.91. The molecule has 0 radical (unpaired) electrons. The van der Waals surface area contributed by atoms with Crippen molar-refractivity contribution in [1.29, 1.82) is 0 Å². The molecule has 20 heavy (non-hydrogen) atoms. The van der Waals surface area contributed by atoms with Crippen LogP contribution in [0, 0.1) is 0 Å². The Morgan fingerprint density at radius 2 is 1.70 bits per heavy atom. The summed E-state index contributed by atoms with van der Waals surface area (Å²) in [4.78, 5) is 35.6. The van der Waals surface area contributed by atoms with E-state index >= 15 is 0 Å². The number of likely N-dealkylation sites (tertiary alicyclic amines) is 1. The Labute approximate surface area is 119 Å². The van der Waals surface area contributed by atoms with Crippen LogP contribution in [-0.4, -0.2) is 47.5 Å². The maximum absolute atomic E-state index is 11.8. The number of esters is 1. The fourth-order valence-corrected chi connectivity index (χ4v) is 1.91. The summed E-state index contributed by atoms with van der Waals surface area (Å²) in [6.07, 6.45) is 0.393. The molecule has 0 atom stereocenters. The van der Waals surface area contributed by atoms with Crippen LogP contribution in [0.25, 0.3) is 0 Å². The van der Waals surface area contributed by atoms with Crippen molar-refractivity contribution >= 4 is 17.8 Å². The van der Waals surface area contributed by atoms with Crippen LogP contribution in [0.4, 0.5) is 4.79 Å². The number of ether oxygens (including phenoxy) is 2. The highest BCUT2D eigenvalue weighted by atomic mass is 16.6. The van der Waals surface area contributed by atoms with Crippen LogP contribution in [0.3, 0.4) is 0 Å². The number of hydrogen-bond donors (Lipinski definition) is 0. The Hall–Kier alpha value is -1.59. The molecule has 1 aliphatic heterocycles. The van der Waals surface area contributed by atoms with Gasteiger partial charge in [-0.05, 0) is 27.7 Å². The zero-order valence-corrected chi connectivity index (χ0v) is 12.6. The molecule has 1 fully saturated rings. The molecule has 1 heterocycles. The van der Waals surface area contributed by atoms with Crippen molar-refractivity contribution in [2.24, 2.45) is 0 Å². The number of hydrogen-bond acceptors (Lipinski definition) is 5. The Morgan fingerprint density at radius 3 is 2.15 bits per heavy atom. The molecular formula is C14H23NO5. The summed E-state index contributed by atoms with van der Waals surface area (Å²) in [6.45, 7) is 7.80. The molecule has 0 bridgehead atoms. The van der Waals surface area contributed by atoms with Gasteiger partial charge in [0.05, 0.1) is 0 Å². The molecule has 1 saturated heterocycles. The fraction of sp³-hybridized carbons (Fsp3) is 0.786. The third kappa shape index (κ3) is 6.04. The maximum Gasteiger partial charge on any atom is 0.410 e. The van der Waals surface area contributed by atoms with Crippen molar-refractivity contribution < 1.29 is 23.9 Å². The third-order valence-electron chi connectivity index (χ3n) is 2.79. The van der Waals surface area contributed by atoms with E-state index in [0.29, 0.717) is 25.9 Å². The van der Waals surface area contributed by atoms with Gasteiger partial charge in [0.2, 0.25) is 0 Å². The van der Waals surface area contributed by atoms with Crippen LogP contribution in [-0.2, 0) is 19.1 Å². The van der Waals surface area contributed by atoms with E-state index in [0.717, 1.165) is 0 Å². The number of piperidine rings is 1. The molecule has 0 spiro atoms. The summed E-state index contributed by atoms with van der Waals surface area (Å²) in [5, 5.41) is 0. The average molecular weight is 285 g/mol. The first-order valence-corrected chi connectivity index (χ1v) is 6.84. The zero-order chi connectivity index (χ0) is 15.3. The summed E-state index contributed by atoms with van der Waals surface area (Å²) in [6, 6.07) is 0. The Balaban J connectivity index is 2.35. The quantitative estimate of drug-likeness (QED) is 0.585. The van der Waals surface area contributed by atoms with E-state index in [1.54, 1.807) is 4.90 Å². The molecule has 0 aliphatic carbocycles. The Bertz CT molecular complexity index is 378. The molecule has 114 valence electrons. The van der Waals surface area contributed by atoms with Crippen LogP contribution in [0.15, 0.2) is 0 Å². The van der Waals surface area contributed by atoms with Gasteiger partial charge in [-0.1, -0.05) is 0 Å². The van der Waals surface area contributed by atoms with Gasteiger partial charge in [-0.25, -0.2) is 4.79 Å². The maximum atomic E-state index is 11.8. The lowest BCUT2D eigenvalue weighted by atomic mass is 10.1. The molecule has 1 amide bonds. The minimum Gasteiger partial charge on any atom is -0.462 e. The number of carbonyl (C=O) groups excluding carboxylic acids is 3. The minimum atomic E-state index is -0.512. The van der Waals surface area contributed by atoms with Crippen LogP contribution in [0.1, 0.15) is 47.0 Å². The highest BCUT2D eigenvalue weighted by Gasteiger charge is 2.28. The summed E-state index contributed by atoms with van der Waals surface area (Å²) >= 11 is 0. The van der Waals surface area contributed by atoms with Gasteiger partial charge in [0.1, 0.15) is 23.9 Å². The Morgan fingerprint density at radius 1 is 1.15 bits per heavy atom. The van der Waals surface area contributed by atoms with Crippen molar-refractivity contribution in [3.8, 4) is 0 Å². The first-order valence-electron chi connectivity index (χ1n) is 6.84. The second-order valence-corrected chi connectivity index (χ2v) is 6.04. The first-order chi connectivity index (χ1) is 9.17. The lowest BCUT2D eigenvalue weighted by molar-refractivity contribution is -0.152. The smallest absolute Gasteiger partial charge is 0.410 e. The van der Waals surface area contributed by atoms with E-state index in [2.05, 4.69) is 0 Å². The van der Waals surface area contributed by atoms with Crippen molar-refractivity contribution in [2.45, 2.75) is 58.7 Å². The summed E-state index contributed by atoms with van der Waals surface area (Å²) < 4.78 is 10.5. The molecule has 0 N–H and O–H groups in total. The molecule has 0 aromatic rings. The summed E-state index contributed by atoms with van der Waals surface area (Å²) in [7, 11) is 0. The van der Waals surface area contributed by atoms with Gasteiger partial charge in [-0.15, -0.1) is 0 Å². The van der Waals surface area contributed by atoms with Gasteiger partial charge in [0.25, 0.3) is 0 Å². The van der Waals surface area contributed by atoms with Gasteiger partial charge in [0.15, 0.2) is 0 Å². The number of carbonyl (C=O) groups is 3. The number of ketones is 1. The van der Waals surface area contributed by atoms with Gasteiger partial charge in [0, 0.05) is 25.9 Å². The lowest BCUT2D eigenvalue weighted by Gasteiger charge is -2.33. The largest absolute Gasteiger partial charge is 0.462 e. The molecule has 1 aliphatic rings. The van der Waals surface area contributed by atoms with E-state index in [9.17, 15) is 14.4 Å². The lowest BCUT2D eigenvalue weighted by Crippen LogP contribution is -2.43. The SMILES string of the molecule is CC(=O)CC(=O)OC1CCN(C(=O)OC(C)(C)C)CC1. The second kappa shape index (κ2) is 6.72. The average Bonchev–Trinajstić information content (AvgIpc) is 2.26. The van der Waals surface area contributed by atoms with Crippen LogP contribution >= 0.6 is 0 Å². The predicted molar refractivity (Wildman–Crippen MR) is 72.2 cm³/mol. The monoisotopic (exact) mass is 285 g/mol. The molecule has 6 nitrogen and oxygen atoms in total. The minimum absolute atomic E-state index is 0.188. The van der Waals surface area contributed by atoms with E-state index < -0.39 is 11.6 Å². The zero-order valence-electron chi connectivity index (χ0n) is 12.6. The number of Topliss-reactive ketones (excluding diaryl/α,β-unsaturated/α-hetero) is 1. The van der Waals surface area contributed by atoms with Gasteiger partial charge < -0.3 is 14.4 Å². The van der Waals surface area contributed by atoms with E-state index in [-0.39, 0.29) is 24.4 Å². The number of amides is 1. The van der Waals surface area contributed by atoms with Crippen LogP contribution < -0.4 is 0 Å². The molecular weight excluding hydrogens is 262 g/mol. The molecule has 0 saturated carbocycles. The third-order valence-corrected chi connectivity index (χ3v) is 2.79. The molecule has 0 aromatic carbocycles. The van der Waals surface area contributed by atoms with Crippen molar-refractivity contribution in [3.05, 3.63) is 0 Å². The van der Waals surface area contributed by atoms with E-state index in [1.807, 2.05) is 20.8 Å². The van der Waals surface area contributed by atoms with Crippen LogP contribution in [0.2, 0.25) is 0 Å². The molecule has 6 heteroatoms. The number of nitrogens with zero attached hydrogens (tertiary/aromatic N) is 1. The van der Waals surface area contributed by atoms with Crippen LogP contribution in [0.5, 0.6) is 0 Å². The van der Waals surface area contributed by atoms with Gasteiger partial charge in [-0.3, -0.25) is 9.59 Å². The topological polar surface area (TPSA) is 72.9 Å². The van der Waals surface area contributed by atoms with Crippen molar-refractivity contribution in [2.75, 3.05) is 13.1 Å². The normalized spacial score (nSPS) is 16.7. The highest BCUT2D eigenvalue weighted by molar-refractivity contribution is 5.94. The first kappa shape index (κ1) is 16.5. The van der Waals surface area contributed by atoms with E-state index in [1.165, 1.54) is 6.92 Å². The summed E-state index contributed by atoms with van der Waals surface area (Å²) in [5.74, 6) is -0.700.